The molecule has 3 N–H and O–H groups in total. The minimum absolute atomic E-state index is 0.168. The Labute approximate surface area is 140 Å². The van der Waals surface area contributed by atoms with Gasteiger partial charge in [0.15, 0.2) is 0 Å². The van der Waals surface area contributed by atoms with E-state index in [9.17, 15) is 4.79 Å². The summed E-state index contributed by atoms with van der Waals surface area (Å²) in [5.74, 6) is 0.373. The second kappa shape index (κ2) is 8.63. The fraction of sp³-hybridized carbons (Fsp3) is 0.364. The molecular weight excluding hydrogens is 466 g/mol. The van der Waals surface area contributed by atoms with Crippen LogP contribution >= 0.6 is 59.6 Å². The maximum Gasteiger partial charge on any atom is 0.234 e. The van der Waals surface area contributed by atoms with Crippen LogP contribution in [0.2, 0.25) is 0 Å². The largest absolute Gasteiger partial charge is 0.394 e. The van der Waals surface area contributed by atoms with E-state index in [0.29, 0.717) is 11.4 Å². The quantitative estimate of drug-likeness (QED) is 0.589. The Morgan fingerprint density at radius 3 is 2.42 bits per heavy atom. The standard InChI is InChI=1S/C11H12Br3NO3S/c12-6-1-8(13)11(9(14)2-6)15-10(18)5-19-4-7(17)3-16/h1-2,7,16-17H,3-5H2,(H,15,18). The summed E-state index contributed by atoms with van der Waals surface area (Å²) >= 11 is 11.4. The summed E-state index contributed by atoms with van der Waals surface area (Å²) in [6, 6.07) is 3.67. The van der Waals surface area contributed by atoms with Gasteiger partial charge in [0.25, 0.3) is 0 Å². The summed E-state index contributed by atoms with van der Waals surface area (Å²) in [6.45, 7) is -0.293. The molecule has 106 valence electrons. The lowest BCUT2D eigenvalue weighted by Gasteiger charge is -2.11. The fourth-order valence-corrected chi connectivity index (χ4v) is 4.39. The SMILES string of the molecule is O=C(CSCC(O)CO)Nc1c(Br)cc(Br)cc1Br. The van der Waals surface area contributed by atoms with Crippen LogP contribution in [-0.2, 0) is 4.79 Å². The van der Waals surface area contributed by atoms with Crippen LogP contribution in [0.4, 0.5) is 5.69 Å². The van der Waals surface area contributed by atoms with E-state index in [4.69, 9.17) is 10.2 Å². The third-order valence-corrected chi connectivity index (χ3v) is 4.82. The van der Waals surface area contributed by atoms with E-state index in [-0.39, 0.29) is 18.3 Å². The maximum absolute atomic E-state index is 11.7. The smallest absolute Gasteiger partial charge is 0.234 e. The first-order valence-electron chi connectivity index (χ1n) is 5.25. The predicted molar refractivity (Wildman–Crippen MR) is 88.6 cm³/mol. The average Bonchev–Trinajstić information content (AvgIpc) is 2.33. The molecule has 1 unspecified atom stereocenters. The summed E-state index contributed by atoms with van der Waals surface area (Å²) in [6.07, 6.45) is -0.788. The number of hydrogen-bond acceptors (Lipinski definition) is 4. The van der Waals surface area contributed by atoms with E-state index in [0.717, 1.165) is 13.4 Å². The number of thioether (sulfide) groups is 1. The van der Waals surface area contributed by atoms with Crippen molar-refractivity contribution in [3.63, 3.8) is 0 Å². The highest BCUT2D eigenvalue weighted by Gasteiger charge is 2.11. The Morgan fingerprint density at radius 2 is 1.89 bits per heavy atom. The van der Waals surface area contributed by atoms with Gasteiger partial charge in [-0.3, -0.25) is 4.79 Å². The first kappa shape index (κ1) is 17.5. The van der Waals surface area contributed by atoms with E-state index in [1.807, 2.05) is 12.1 Å². The zero-order valence-corrected chi connectivity index (χ0v) is 15.3. The Morgan fingerprint density at radius 1 is 1.32 bits per heavy atom. The summed E-state index contributed by atoms with van der Waals surface area (Å²) in [7, 11) is 0. The Hall–Kier alpha value is 0.400. The van der Waals surface area contributed by atoms with Crippen molar-refractivity contribution in [2.45, 2.75) is 6.10 Å². The monoisotopic (exact) mass is 475 g/mol. The lowest BCUT2D eigenvalue weighted by atomic mass is 10.3. The van der Waals surface area contributed by atoms with Crippen molar-refractivity contribution >= 4 is 71.1 Å². The lowest BCUT2D eigenvalue weighted by Crippen LogP contribution is -2.19. The third-order valence-electron chi connectivity index (χ3n) is 2.03. The zero-order valence-electron chi connectivity index (χ0n) is 9.70. The molecule has 1 aromatic carbocycles. The fourth-order valence-electron chi connectivity index (χ4n) is 1.18. The number of anilines is 1. The number of carbonyl (C=O) groups is 1. The molecule has 1 rings (SSSR count). The van der Waals surface area contributed by atoms with E-state index in [1.54, 1.807) is 0 Å². The van der Waals surface area contributed by atoms with E-state index in [1.165, 1.54) is 11.8 Å². The van der Waals surface area contributed by atoms with Crippen LogP contribution in [0.1, 0.15) is 0 Å². The van der Waals surface area contributed by atoms with Crippen LogP contribution < -0.4 is 5.32 Å². The van der Waals surface area contributed by atoms with Gasteiger partial charge in [0.2, 0.25) is 5.91 Å². The van der Waals surface area contributed by atoms with Gasteiger partial charge in [-0.05, 0) is 44.0 Å². The first-order valence-corrected chi connectivity index (χ1v) is 8.78. The molecule has 1 aromatic rings. The molecular formula is C11H12Br3NO3S. The molecule has 0 bridgehead atoms. The summed E-state index contributed by atoms with van der Waals surface area (Å²) in [4.78, 5) is 11.7. The van der Waals surface area contributed by atoms with Gasteiger partial charge in [0.1, 0.15) is 0 Å². The van der Waals surface area contributed by atoms with Gasteiger partial charge < -0.3 is 15.5 Å². The van der Waals surface area contributed by atoms with E-state index in [2.05, 4.69) is 53.1 Å². The second-order valence-corrected chi connectivity index (χ2v) is 7.30. The average molecular weight is 478 g/mol. The zero-order chi connectivity index (χ0) is 14.4. The molecule has 0 fully saturated rings. The molecule has 19 heavy (non-hydrogen) atoms. The van der Waals surface area contributed by atoms with Crippen LogP contribution in [0, 0.1) is 0 Å². The molecule has 8 heteroatoms. The molecule has 0 aromatic heterocycles. The molecule has 0 radical (unpaired) electrons. The number of aliphatic hydroxyl groups excluding tert-OH is 2. The molecule has 0 spiro atoms. The Kier molecular flexibility index (Phi) is 7.93. The van der Waals surface area contributed by atoms with Crippen LogP contribution in [0.3, 0.4) is 0 Å². The van der Waals surface area contributed by atoms with Crippen molar-refractivity contribution in [2.24, 2.45) is 0 Å². The van der Waals surface area contributed by atoms with Crippen LogP contribution in [-0.4, -0.2) is 40.3 Å². The van der Waals surface area contributed by atoms with Crippen molar-refractivity contribution < 1.29 is 15.0 Å². The molecule has 0 aliphatic heterocycles. The van der Waals surface area contributed by atoms with E-state index >= 15 is 0 Å². The predicted octanol–water partition coefficient (Wildman–Crippen LogP) is 3.00. The summed E-state index contributed by atoms with van der Waals surface area (Å²) in [5.41, 5.74) is 0.663. The minimum atomic E-state index is -0.788. The van der Waals surface area contributed by atoms with Crippen LogP contribution in [0.25, 0.3) is 0 Å². The summed E-state index contributed by atoms with van der Waals surface area (Å²) in [5, 5.41) is 20.6. The Balaban J connectivity index is 2.53. The highest BCUT2D eigenvalue weighted by atomic mass is 79.9. The molecule has 0 aliphatic carbocycles. The molecule has 4 nitrogen and oxygen atoms in total. The van der Waals surface area contributed by atoms with Crippen molar-refractivity contribution in [3.05, 3.63) is 25.6 Å². The van der Waals surface area contributed by atoms with Gasteiger partial charge >= 0.3 is 0 Å². The van der Waals surface area contributed by atoms with Crippen LogP contribution in [0.15, 0.2) is 25.6 Å². The normalized spacial score (nSPS) is 12.3. The highest BCUT2D eigenvalue weighted by molar-refractivity contribution is 9.11. The number of rotatable bonds is 6. The molecule has 0 saturated heterocycles. The topological polar surface area (TPSA) is 69.6 Å². The third kappa shape index (κ3) is 6.14. The molecule has 1 atom stereocenters. The number of benzene rings is 1. The van der Waals surface area contributed by atoms with Gasteiger partial charge in [-0.1, -0.05) is 15.9 Å². The van der Waals surface area contributed by atoms with Crippen molar-refractivity contribution in [1.82, 2.24) is 0 Å². The van der Waals surface area contributed by atoms with Crippen LogP contribution in [0.5, 0.6) is 0 Å². The van der Waals surface area contributed by atoms with Crippen molar-refractivity contribution in [1.29, 1.82) is 0 Å². The molecule has 0 saturated carbocycles. The number of halogens is 3. The van der Waals surface area contributed by atoms with Crippen molar-refractivity contribution in [3.8, 4) is 0 Å². The first-order chi connectivity index (χ1) is 8.93. The number of nitrogens with one attached hydrogen (secondary N) is 1. The molecule has 1 amide bonds. The number of aliphatic hydroxyl groups is 2. The summed E-state index contributed by atoms with van der Waals surface area (Å²) < 4.78 is 2.43. The number of hydrogen-bond donors (Lipinski definition) is 3. The number of amides is 1. The number of carbonyl (C=O) groups excluding carboxylic acids is 1. The molecule has 0 heterocycles. The Bertz CT molecular complexity index is 436. The van der Waals surface area contributed by atoms with E-state index < -0.39 is 6.10 Å². The highest BCUT2D eigenvalue weighted by Crippen LogP contribution is 2.34. The maximum atomic E-state index is 11.7. The van der Waals surface area contributed by atoms with Gasteiger partial charge in [-0.25, -0.2) is 0 Å². The van der Waals surface area contributed by atoms with Gasteiger partial charge in [0, 0.05) is 19.2 Å². The van der Waals surface area contributed by atoms with Gasteiger partial charge in [-0.2, -0.15) is 0 Å². The van der Waals surface area contributed by atoms with Crippen molar-refractivity contribution in [2.75, 3.05) is 23.4 Å². The van der Waals surface area contributed by atoms with Gasteiger partial charge in [0.05, 0.1) is 24.2 Å². The second-order valence-electron chi connectivity index (χ2n) is 3.64. The van der Waals surface area contributed by atoms with Gasteiger partial charge in [-0.15, -0.1) is 11.8 Å². The lowest BCUT2D eigenvalue weighted by molar-refractivity contribution is -0.113. The molecule has 0 aliphatic rings. The minimum Gasteiger partial charge on any atom is -0.394 e.